The van der Waals surface area contributed by atoms with E-state index in [0.717, 1.165) is 16.7 Å². The molecule has 0 aromatic heterocycles. The highest BCUT2D eigenvalue weighted by molar-refractivity contribution is 5.74. The lowest BCUT2D eigenvalue weighted by Gasteiger charge is -2.26. The molecule has 1 N–H and O–H groups in total. The first-order valence-electron chi connectivity index (χ1n) is 6.43. The molecule has 0 fully saturated rings. The molecule has 4 nitrogen and oxygen atoms in total. The van der Waals surface area contributed by atoms with Gasteiger partial charge in [0.2, 0.25) is 0 Å². The van der Waals surface area contributed by atoms with Gasteiger partial charge in [0.15, 0.2) is 11.5 Å². The lowest BCUT2D eigenvalue weighted by molar-refractivity contribution is -0.132. The first-order valence-corrected chi connectivity index (χ1v) is 6.43. The molecule has 104 valence electrons. The number of phenols is 1. The molecule has 0 spiro atoms. The number of hydrogen-bond donors (Lipinski definition) is 1. The average Bonchev–Trinajstić information content (AvgIpc) is 2.70. The number of rotatable bonds is 1. The number of carbonyl (C=O) groups is 1. The molecule has 1 aliphatic heterocycles. The first kappa shape index (κ1) is 13.7. The Morgan fingerprint density at radius 3 is 2.53 bits per heavy atom. The minimum Gasteiger partial charge on any atom is -0.507 e. The highest BCUT2D eigenvalue weighted by Crippen LogP contribution is 2.49. The van der Waals surface area contributed by atoms with Gasteiger partial charge < -0.3 is 14.6 Å². The summed E-state index contributed by atoms with van der Waals surface area (Å²) in [6, 6.07) is 0. The standard InChI is InChI=1S/C15H20O4/c1-8-11(15(3,4)5)12(17)10-6-7-18-14(10)13(8)19-9(2)16/h17H,6-7H2,1-5H3. The minimum atomic E-state index is -0.383. The molecule has 1 aliphatic rings. The minimum absolute atomic E-state index is 0.235. The number of phenolic OH excluding ortho intramolecular Hbond substituents is 1. The van der Waals surface area contributed by atoms with Gasteiger partial charge in [-0.3, -0.25) is 4.79 Å². The van der Waals surface area contributed by atoms with Crippen molar-refractivity contribution >= 4 is 5.97 Å². The fraction of sp³-hybridized carbons (Fsp3) is 0.533. The summed E-state index contributed by atoms with van der Waals surface area (Å²) in [4.78, 5) is 11.3. The molecule has 0 atom stereocenters. The second kappa shape index (κ2) is 4.44. The van der Waals surface area contributed by atoms with E-state index in [1.807, 2.05) is 27.7 Å². The fourth-order valence-electron chi connectivity index (χ4n) is 2.68. The summed E-state index contributed by atoms with van der Waals surface area (Å²) >= 11 is 0. The third kappa shape index (κ3) is 2.27. The Kier molecular flexibility index (Phi) is 3.20. The first-order chi connectivity index (χ1) is 8.73. The van der Waals surface area contributed by atoms with Crippen LogP contribution in [-0.4, -0.2) is 17.7 Å². The van der Waals surface area contributed by atoms with Gasteiger partial charge in [-0.05, 0) is 12.3 Å². The van der Waals surface area contributed by atoms with Crippen molar-refractivity contribution in [3.63, 3.8) is 0 Å². The topological polar surface area (TPSA) is 55.8 Å². The predicted molar refractivity (Wildman–Crippen MR) is 72.1 cm³/mol. The van der Waals surface area contributed by atoms with E-state index in [1.165, 1.54) is 6.92 Å². The number of ether oxygens (including phenoxy) is 2. The van der Waals surface area contributed by atoms with E-state index in [9.17, 15) is 9.90 Å². The van der Waals surface area contributed by atoms with E-state index in [4.69, 9.17) is 9.47 Å². The van der Waals surface area contributed by atoms with Crippen molar-refractivity contribution in [1.29, 1.82) is 0 Å². The van der Waals surface area contributed by atoms with Crippen molar-refractivity contribution in [3.8, 4) is 17.2 Å². The molecule has 0 amide bonds. The summed E-state index contributed by atoms with van der Waals surface area (Å²) < 4.78 is 10.8. The zero-order valence-corrected chi connectivity index (χ0v) is 12.1. The lowest BCUT2D eigenvalue weighted by atomic mass is 9.81. The summed E-state index contributed by atoms with van der Waals surface area (Å²) in [6.45, 7) is 9.79. The van der Waals surface area contributed by atoms with Crippen molar-refractivity contribution in [3.05, 3.63) is 16.7 Å². The quantitative estimate of drug-likeness (QED) is 0.626. The molecule has 0 radical (unpaired) electrons. The molecule has 0 saturated heterocycles. The zero-order chi connectivity index (χ0) is 14.4. The smallest absolute Gasteiger partial charge is 0.308 e. The molecule has 19 heavy (non-hydrogen) atoms. The maximum absolute atomic E-state index is 11.3. The van der Waals surface area contributed by atoms with Crippen LogP contribution in [-0.2, 0) is 16.6 Å². The van der Waals surface area contributed by atoms with Gasteiger partial charge in [-0.25, -0.2) is 0 Å². The molecule has 0 aliphatic carbocycles. The van der Waals surface area contributed by atoms with Crippen LogP contribution in [0.4, 0.5) is 0 Å². The molecular weight excluding hydrogens is 244 g/mol. The normalized spacial score (nSPS) is 13.9. The van der Waals surface area contributed by atoms with Gasteiger partial charge in [-0.15, -0.1) is 0 Å². The number of hydrogen-bond acceptors (Lipinski definition) is 4. The highest BCUT2D eigenvalue weighted by atomic mass is 16.6. The van der Waals surface area contributed by atoms with E-state index in [-0.39, 0.29) is 17.1 Å². The van der Waals surface area contributed by atoms with Crippen LogP contribution in [0.3, 0.4) is 0 Å². The Bertz CT molecular complexity index is 538. The monoisotopic (exact) mass is 264 g/mol. The second-order valence-corrected chi connectivity index (χ2v) is 5.93. The van der Waals surface area contributed by atoms with Crippen molar-refractivity contribution in [2.24, 2.45) is 0 Å². The molecule has 1 heterocycles. The molecule has 0 bridgehead atoms. The van der Waals surface area contributed by atoms with Crippen LogP contribution in [0.25, 0.3) is 0 Å². The maximum Gasteiger partial charge on any atom is 0.308 e. The number of esters is 1. The summed E-state index contributed by atoms with van der Waals surface area (Å²) in [5.41, 5.74) is 2.08. The second-order valence-electron chi connectivity index (χ2n) is 5.93. The molecular formula is C15H20O4. The van der Waals surface area contributed by atoms with Crippen molar-refractivity contribution in [2.45, 2.75) is 46.5 Å². The Balaban J connectivity index is 2.74. The molecule has 0 saturated carbocycles. The number of aromatic hydroxyl groups is 1. The van der Waals surface area contributed by atoms with Gasteiger partial charge in [0.25, 0.3) is 0 Å². The summed E-state index contributed by atoms with van der Waals surface area (Å²) in [5, 5.41) is 10.5. The molecule has 2 rings (SSSR count). The highest BCUT2D eigenvalue weighted by Gasteiger charge is 2.32. The van der Waals surface area contributed by atoms with Gasteiger partial charge in [0.1, 0.15) is 5.75 Å². The van der Waals surface area contributed by atoms with Crippen LogP contribution in [0.2, 0.25) is 0 Å². The van der Waals surface area contributed by atoms with Gasteiger partial charge >= 0.3 is 5.97 Å². The van der Waals surface area contributed by atoms with Crippen molar-refractivity contribution in [1.82, 2.24) is 0 Å². The Morgan fingerprint density at radius 1 is 1.37 bits per heavy atom. The van der Waals surface area contributed by atoms with E-state index in [1.54, 1.807) is 0 Å². The summed E-state index contributed by atoms with van der Waals surface area (Å²) in [6.07, 6.45) is 0.638. The third-order valence-corrected chi connectivity index (χ3v) is 3.31. The number of fused-ring (bicyclic) bond motifs is 1. The van der Waals surface area contributed by atoms with Crippen LogP contribution < -0.4 is 9.47 Å². The summed E-state index contributed by atoms with van der Waals surface area (Å²) in [7, 11) is 0. The van der Waals surface area contributed by atoms with Crippen LogP contribution in [0.5, 0.6) is 17.2 Å². The van der Waals surface area contributed by atoms with Crippen molar-refractivity contribution < 1.29 is 19.4 Å². The number of benzene rings is 1. The molecule has 4 heteroatoms. The van der Waals surface area contributed by atoms with Crippen LogP contribution in [0.1, 0.15) is 44.4 Å². The fourth-order valence-corrected chi connectivity index (χ4v) is 2.68. The lowest BCUT2D eigenvalue weighted by Crippen LogP contribution is -2.16. The Morgan fingerprint density at radius 2 is 2.00 bits per heavy atom. The van der Waals surface area contributed by atoms with Gasteiger partial charge in [-0.2, -0.15) is 0 Å². The van der Waals surface area contributed by atoms with Crippen LogP contribution >= 0.6 is 0 Å². The van der Waals surface area contributed by atoms with E-state index in [0.29, 0.717) is 24.5 Å². The Labute approximate surface area is 113 Å². The van der Waals surface area contributed by atoms with E-state index >= 15 is 0 Å². The van der Waals surface area contributed by atoms with Gasteiger partial charge in [-0.1, -0.05) is 20.8 Å². The van der Waals surface area contributed by atoms with Crippen LogP contribution in [0.15, 0.2) is 0 Å². The number of carbonyl (C=O) groups excluding carboxylic acids is 1. The predicted octanol–water partition coefficient (Wildman–Crippen LogP) is 2.86. The van der Waals surface area contributed by atoms with Gasteiger partial charge in [0.05, 0.1) is 6.61 Å². The van der Waals surface area contributed by atoms with E-state index in [2.05, 4.69) is 0 Å². The van der Waals surface area contributed by atoms with Gasteiger partial charge in [0, 0.05) is 30.0 Å². The summed E-state index contributed by atoms with van der Waals surface area (Å²) in [5.74, 6) is 0.848. The van der Waals surface area contributed by atoms with Crippen LogP contribution in [0, 0.1) is 6.92 Å². The van der Waals surface area contributed by atoms with Crippen molar-refractivity contribution in [2.75, 3.05) is 6.61 Å². The Hall–Kier alpha value is -1.71. The largest absolute Gasteiger partial charge is 0.507 e. The zero-order valence-electron chi connectivity index (χ0n) is 12.1. The maximum atomic E-state index is 11.3. The average molecular weight is 264 g/mol. The molecule has 0 unspecified atom stereocenters. The molecule has 1 aromatic rings. The third-order valence-electron chi connectivity index (χ3n) is 3.31. The van der Waals surface area contributed by atoms with E-state index < -0.39 is 0 Å². The molecule has 1 aromatic carbocycles. The SMILES string of the molecule is CC(=O)Oc1c(C)c(C(C)(C)C)c(O)c2c1OCC2.